The Balaban J connectivity index is 1.65. The van der Waals surface area contributed by atoms with Crippen LogP contribution in [0.5, 0.6) is 5.75 Å². The van der Waals surface area contributed by atoms with Crippen LogP contribution < -0.4 is 4.74 Å². The second-order valence-corrected chi connectivity index (χ2v) is 6.55. The normalized spacial score (nSPS) is 20.0. The zero-order chi connectivity index (χ0) is 18.5. The molecule has 0 amide bonds. The van der Waals surface area contributed by atoms with Gasteiger partial charge >= 0.3 is 5.97 Å². The van der Waals surface area contributed by atoms with Crippen molar-refractivity contribution in [1.82, 2.24) is 15.0 Å². The number of carbonyl (C=O) groups excluding carboxylic acids is 1. The fourth-order valence-corrected chi connectivity index (χ4v) is 3.39. The highest BCUT2D eigenvalue weighted by atomic mass is 16.5. The summed E-state index contributed by atoms with van der Waals surface area (Å²) >= 11 is 0. The number of aryl methyl sites for hydroxylation is 1. The summed E-state index contributed by atoms with van der Waals surface area (Å²) in [7, 11) is 1.75. The van der Waals surface area contributed by atoms with Crippen LogP contribution in [-0.2, 0) is 23.2 Å². The lowest BCUT2D eigenvalue weighted by Gasteiger charge is -2.28. The van der Waals surface area contributed by atoms with Gasteiger partial charge in [-0.05, 0) is 56.9 Å². The Morgan fingerprint density at radius 2 is 2.08 bits per heavy atom. The first-order valence-electron chi connectivity index (χ1n) is 9.05. The molecule has 0 aliphatic heterocycles. The minimum absolute atomic E-state index is 0.0218. The molecular formula is C19H25N3O4. The van der Waals surface area contributed by atoms with Crippen LogP contribution in [0.25, 0.3) is 11.3 Å². The van der Waals surface area contributed by atoms with Crippen LogP contribution in [0.1, 0.15) is 38.3 Å². The molecule has 0 spiro atoms. The van der Waals surface area contributed by atoms with Gasteiger partial charge in [-0.1, -0.05) is 5.21 Å². The quantitative estimate of drug-likeness (QED) is 0.798. The Hall–Kier alpha value is -2.41. The van der Waals surface area contributed by atoms with E-state index >= 15 is 0 Å². The minimum Gasteiger partial charge on any atom is -0.490 e. The Morgan fingerprint density at radius 1 is 1.31 bits per heavy atom. The Kier molecular flexibility index (Phi) is 5.88. The average Bonchev–Trinajstić information content (AvgIpc) is 3.03. The maximum atomic E-state index is 11.9. The van der Waals surface area contributed by atoms with Gasteiger partial charge in [-0.15, -0.1) is 5.10 Å². The van der Waals surface area contributed by atoms with Gasteiger partial charge in [0.25, 0.3) is 0 Å². The summed E-state index contributed by atoms with van der Waals surface area (Å²) < 4.78 is 12.8. The highest BCUT2D eigenvalue weighted by Gasteiger charge is 2.29. The third kappa shape index (κ3) is 4.04. The van der Waals surface area contributed by atoms with E-state index in [-0.39, 0.29) is 24.6 Å². The summed E-state index contributed by atoms with van der Waals surface area (Å²) in [6.07, 6.45) is 3.49. The van der Waals surface area contributed by atoms with Gasteiger partial charge in [0.2, 0.25) is 0 Å². The molecule has 140 valence electrons. The molecule has 7 nitrogen and oxygen atoms in total. The van der Waals surface area contributed by atoms with Crippen LogP contribution in [0.2, 0.25) is 0 Å². The molecule has 1 aromatic carbocycles. The molecule has 2 atom stereocenters. The topological polar surface area (TPSA) is 86.5 Å². The van der Waals surface area contributed by atoms with E-state index < -0.39 is 0 Å². The summed E-state index contributed by atoms with van der Waals surface area (Å²) in [5.74, 6) is 0.577. The molecule has 0 bridgehead atoms. The first-order valence-corrected chi connectivity index (χ1v) is 9.05. The summed E-state index contributed by atoms with van der Waals surface area (Å²) in [5.41, 5.74) is 2.22. The molecule has 1 aliphatic carbocycles. The lowest BCUT2D eigenvalue weighted by Crippen LogP contribution is -2.30. The third-order valence-corrected chi connectivity index (χ3v) is 4.77. The summed E-state index contributed by atoms with van der Waals surface area (Å²) in [6.45, 7) is 2.13. The van der Waals surface area contributed by atoms with E-state index in [2.05, 4.69) is 10.3 Å². The molecule has 1 fully saturated rings. The fraction of sp³-hybridized carbons (Fsp3) is 0.526. The average molecular weight is 359 g/mol. The standard InChI is InChI=1S/C19H25N3O4/c1-3-25-19(24)14-5-4-6-16(11-14)26-15-9-7-13(8-10-15)18-17(12-23)22(2)21-20-18/h7-10,14,16,23H,3-6,11-12H2,1-2H3/t14-,16-/m0/s1. The van der Waals surface area contributed by atoms with Crippen LogP contribution in [0.3, 0.4) is 0 Å². The Bertz CT molecular complexity index is 742. The molecule has 1 aliphatic rings. The maximum absolute atomic E-state index is 11.9. The number of esters is 1. The predicted octanol–water partition coefficient (Wildman–Crippen LogP) is 2.48. The van der Waals surface area contributed by atoms with Gasteiger partial charge in [0.15, 0.2) is 0 Å². The number of ether oxygens (including phenoxy) is 2. The third-order valence-electron chi connectivity index (χ3n) is 4.77. The van der Waals surface area contributed by atoms with Gasteiger partial charge < -0.3 is 14.6 Å². The highest BCUT2D eigenvalue weighted by Crippen LogP contribution is 2.30. The van der Waals surface area contributed by atoms with Crippen molar-refractivity contribution >= 4 is 5.97 Å². The summed E-state index contributed by atoms with van der Waals surface area (Å²) in [5, 5.41) is 17.5. The molecular weight excluding hydrogens is 334 g/mol. The van der Waals surface area contributed by atoms with Crippen LogP contribution in [0, 0.1) is 5.92 Å². The van der Waals surface area contributed by atoms with Gasteiger partial charge in [-0.25, -0.2) is 4.68 Å². The maximum Gasteiger partial charge on any atom is 0.309 e. The van der Waals surface area contributed by atoms with Crippen LogP contribution in [-0.4, -0.2) is 38.8 Å². The first kappa shape index (κ1) is 18.4. The van der Waals surface area contributed by atoms with Crippen molar-refractivity contribution in [1.29, 1.82) is 0 Å². The van der Waals surface area contributed by atoms with Crippen molar-refractivity contribution in [3.63, 3.8) is 0 Å². The monoisotopic (exact) mass is 359 g/mol. The molecule has 2 aromatic rings. The van der Waals surface area contributed by atoms with E-state index in [9.17, 15) is 9.90 Å². The first-order chi connectivity index (χ1) is 12.6. The van der Waals surface area contributed by atoms with Crippen molar-refractivity contribution in [3.8, 4) is 17.0 Å². The Morgan fingerprint density at radius 3 is 2.77 bits per heavy atom. The number of hydrogen-bond donors (Lipinski definition) is 1. The number of aliphatic hydroxyl groups is 1. The van der Waals surface area contributed by atoms with Crippen LogP contribution in [0.15, 0.2) is 24.3 Å². The molecule has 1 saturated carbocycles. The molecule has 1 heterocycles. The number of carbonyl (C=O) groups is 1. The molecule has 0 unspecified atom stereocenters. The zero-order valence-electron chi connectivity index (χ0n) is 15.2. The molecule has 1 N–H and O–H groups in total. The summed E-state index contributed by atoms with van der Waals surface area (Å²) in [6, 6.07) is 7.59. The molecule has 0 radical (unpaired) electrons. The van der Waals surface area contributed by atoms with Crippen molar-refractivity contribution < 1.29 is 19.4 Å². The number of hydrogen-bond acceptors (Lipinski definition) is 6. The number of nitrogens with zero attached hydrogens (tertiary/aromatic N) is 3. The van der Waals surface area contributed by atoms with Gasteiger partial charge in [0.1, 0.15) is 11.4 Å². The van der Waals surface area contributed by atoms with Gasteiger partial charge in [-0.2, -0.15) is 0 Å². The van der Waals surface area contributed by atoms with Crippen molar-refractivity contribution in [3.05, 3.63) is 30.0 Å². The van der Waals surface area contributed by atoms with Crippen molar-refractivity contribution in [2.24, 2.45) is 13.0 Å². The lowest BCUT2D eigenvalue weighted by atomic mass is 9.87. The predicted molar refractivity (Wildman–Crippen MR) is 95.4 cm³/mol. The molecule has 26 heavy (non-hydrogen) atoms. The number of aromatic nitrogens is 3. The zero-order valence-corrected chi connectivity index (χ0v) is 15.2. The molecule has 7 heteroatoms. The second kappa shape index (κ2) is 8.31. The van der Waals surface area contributed by atoms with E-state index in [0.29, 0.717) is 24.4 Å². The number of aliphatic hydroxyl groups excluding tert-OH is 1. The molecule has 3 rings (SSSR count). The molecule has 1 aromatic heterocycles. The number of rotatable bonds is 6. The van der Waals surface area contributed by atoms with E-state index in [0.717, 1.165) is 30.6 Å². The SMILES string of the molecule is CCOC(=O)[C@H]1CCC[C@H](Oc2ccc(-c3nnn(C)c3CO)cc2)C1. The van der Waals surface area contributed by atoms with Crippen LogP contribution in [0.4, 0.5) is 0 Å². The van der Waals surface area contributed by atoms with E-state index in [1.807, 2.05) is 31.2 Å². The van der Waals surface area contributed by atoms with Gasteiger partial charge in [0, 0.05) is 12.6 Å². The van der Waals surface area contributed by atoms with Crippen molar-refractivity contribution in [2.75, 3.05) is 6.61 Å². The highest BCUT2D eigenvalue weighted by molar-refractivity contribution is 5.72. The smallest absolute Gasteiger partial charge is 0.309 e. The van der Waals surface area contributed by atoms with Gasteiger partial charge in [0.05, 0.1) is 30.9 Å². The van der Waals surface area contributed by atoms with E-state index in [1.165, 1.54) is 0 Å². The summed E-state index contributed by atoms with van der Waals surface area (Å²) in [4.78, 5) is 11.9. The second-order valence-electron chi connectivity index (χ2n) is 6.55. The largest absolute Gasteiger partial charge is 0.490 e. The minimum atomic E-state index is -0.117. The van der Waals surface area contributed by atoms with E-state index in [1.54, 1.807) is 11.7 Å². The van der Waals surface area contributed by atoms with Crippen LogP contribution >= 0.6 is 0 Å². The fourth-order valence-electron chi connectivity index (χ4n) is 3.39. The lowest BCUT2D eigenvalue weighted by molar-refractivity contribution is -0.150. The van der Waals surface area contributed by atoms with E-state index in [4.69, 9.17) is 9.47 Å². The van der Waals surface area contributed by atoms with Crippen molar-refractivity contribution in [2.45, 2.75) is 45.3 Å². The Labute approximate surface area is 152 Å². The molecule has 0 saturated heterocycles. The number of benzene rings is 1. The van der Waals surface area contributed by atoms with Gasteiger partial charge in [-0.3, -0.25) is 4.79 Å².